The van der Waals surface area contributed by atoms with Crippen LogP contribution >= 0.6 is 0 Å². The Morgan fingerprint density at radius 3 is 2.41 bits per heavy atom. The summed E-state index contributed by atoms with van der Waals surface area (Å²) in [5, 5.41) is 59.6. The van der Waals surface area contributed by atoms with Crippen LogP contribution in [0.15, 0.2) is 29.0 Å². The van der Waals surface area contributed by atoms with Crippen LogP contribution in [-0.2, 0) is 30.3 Å². The van der Waals surface area contributed by atoms with Crippen molar-refractivity contribution < 1.29 is 49.4 Å². The second-order valence-corrected chi connectivity index (χ2v) is 10.8. The zero-order valence-electron chi connectivity index (χ0n) is 23.2. The number of ketones is 2. The average Bonchev–Trinajstić information content (AvgIpc) is 2.89. The lowest BCUT2D eigenvalue weighted by atomic mass is 9.56. The molecule has 13 nitrogen and oxygen atoms in total. The van der Waals surface area contributed by atoms with E-state index >= 15 is 0 Å². The van der Waals surface area contributed by atoms with Gasteiger partial charge in [0.25, 0.3) is 5.91 Å². The van der Waals surface area contributed by atoms with Crippen LogP contribution in [0.1, 0.15) is 37.8 Å². The molecule has 41 heavy (non-hydrogen) atoms. The summed E-state index contributed by atoms with van der Waals surface area (Å²) in [5.41, 5.74) is 1.11. The third-order valence-corrected chi connectivity index (χ3v) is 8.15. The lowest BCUT2D eigenvalue weighted by Crippen LogP contribution is -2.70. The average molecular weight is 574 g/mol. The molecule has 8 N–H and O–H groups in total. The van der Waals surface area contributed by atoms with Crippen LogP contribution in [0, 0.1) is 11.8 Å². The minimum atomic E-state index is -2.98. The maximum atomic E-state index is 13.9. The molecule has 0 heterocycles. The number of hydrogen-bond donors (Lipinski definition) is 7. The minimum Gasteiger partial charge on any atom is -0.508 e. The molecule has 3 aliphatic rings. The molecular weight excluding hydrogens is 538 g/mol. The highest BCUT2D eigenvalue weighted by Gasteiger charge is 2.67. The number of primary amides is 1. The molecule has 1 saturated carbocycles. The highest BCUT2D eigenvalue weighted by atomic mass is 16.5. The van der Waals surface area contributed by atoms with E-state index in [1.165, 1.54) is 25.1 Å². The Bertz CT molecular complexity index is 1380. The molecule has 0 aliphatic heterocycles. The van der Waals surface area contributed by atoms with Crippen LogP contribution in [0.4, 0.5) is 5.69 Å². The maximum Gasteiger partial charge on any atom is 0.328 e. The first-order valence-corrected chi connectivity index (χ1v) is 13.3. The van der Waals surface area contributed by atoms with Crippen molar-refractivity contribution >= 4 is 34.9 Å². The maximum absolute atomic E-state index is 13.9. The Balaban J connectivity index is 1.88. The highest BCUT2D eigenvalue weighted by molar-refractivity contribution is 6.24. The van der Waals surface area contributed by atoms with E-state index < -0.39 is 87.5 Å². The number of benzene rings is 1. The number of nitrogens with zero attached hydrogens (tertiary/aromatic N) is 1. The molecule has 1 amide bonds. The summed E-state index contributed by atoms with van der Waals surface area (Å²) in [6.45, 7) is 3.68. The highest BCUT2D eigenvalue weighted by Crippen LogP contribution is 2.53. The van der Waals surface area contributed by atoms with Crippen LogP contribution in [0.25, 0.3) is 5.76 Å². The van der Waals surface area contributed by atoms with Crippen molar-refractivity contribution in [3.63, 3.8) is 0 Å². The molecule has 0 saturated heterocycles. The Labute approximate surface area is 235 Å². The molecule has 0 bridgehead atoms. The predicted molar refractivity (Wildman–Crippen MR) is 145 cm³/mol. The number of fused-ring (bicyclic) bond motifs is 3. The SMILES string of the molecule is CCCC(Nc1ccc2c(c1O)C(O)=C1C(=O)[C@@]3(O)C(O)=C(C(N)=O)C(=O)[C@H](N(C)C)[C@H]3[C@H](O)[C@H]1C2)C(=O)OCC. The Morgan fingerprint density at radius 2 is 1.85 bits per heavy atom. The number of nitrogens with two attached hydrogens (primary N) is 1. The van der Waals surface area contributed by atoms with Crippen LogP contribution in [0.5, 0.6) is 5.75 Å². The van der Waals surface area contributed by atoms with Crippen molar-refractivity contribution in [1.82, 2.24) is 4.90 Å². The second kappa shape index (κ2) is 10.8. The Hall–Kier alpha value is -3.94. The third kappa shape index (κ3) is 4.44. The molecule has 1 unspecified atom stereocenters. The first kappa shape index (κ1) is 30.0. The summed E-state index contributed by atoms with van der Waals surface area (Å²) >= 11 is 0. The van der Waals surface area contributed by atoms with Gasteiger partial charge in [-0.2, -0.15) is 0 Å². The van der Waals surface area contributed by atoms with Gasteiger partial charge in [-0.3, -0.25) is 19.3 Å². The standard InChI is InChI=1S/C28H35N3O10/c1-5-7-14(27(39)41-6-2)30-13-9-8-11-10-12-16(22(34)15(11)21(13)33)24(36)28(40)18(20(12)32)19(31(3)4)23(35)17(25(28)37)26(29)38/h8-9,12,14,18-20,30,32-34,37,40H,5-7,10H2,1-4H3,(H2,29,38)/t12-,14?,18-,19+,20+,28+/m0/s1. The van der Waals surface area contributed by atoms with E-state index in [0.29, 0.717) is 18.4 Å². The van der Waals surface area contributed by atoms with Crippen molar-refractivity contribution in [1.29, 1.82) is 0 Å². The molecule has 4 rings (SSSR count). The number of anilines is 1. The number of aromatic hydroxyl groups is 1. The molecular formula is C28H35N3O10. The molecule has 13 heteroatoms. The molecule has 0 aromatic heterocycles. The van der Waals surface area contributed by atoms with Gasteiger partial charge in [0.05, 0.1) is 35.9 Å². The number of Topliss-reactive ketones (excluding diaryl/α,β-unsaturated/α-hetero) is 2. The lowest BCUT2D eigenvalue weighted by molar-refractivity contribution is -0.168. The number of esters is 1. The normalized spacial score (nSPS) is 28.2. The number of rotatable bonds is 8. The van der Waals surface area contributed by atoms with Crippen molar-refractivity contribution in [3.05, 3.63) is 40.2 Å². The largest absolute Gasteiger partial charge is 0.508 e. The lowest BCUT2D eigenvalue weighted by Gasteiger charge is -2.52. The van der Waals surface area contributed by atoms with E-state index in [4.69, 9.17) is 10.5 Å². The number of nitrogens with one attached hydrogen (secondary N) is 1. The van der Waals surface area contributed by atoms with E-state index in [2.05, 4.69) is 5.32 Å². The molecule has 1 aromatic carbocycles. The number of carbonyl (C=O) groups excluding carboxylic acids is 4. The predicted octanol–water partition coefficient (Wildman–Crippen LogP) is 0.0785. The first-order chi connectivity index (χ1) is 19.2. The fraction of sp³-hybridized carbons (Fsp3) is 0.500. The summed E-state index contributed by atoms with van der Waals surface area (Å²) in [6.07, 6.45) is -0.747. The quantitative estimate of drug-likeness (QED) is 0.125. The van der Waals surface area contributed by atoms with E-state index in [0.717, 1.165) is 0 Å². The number of hydrogen-bond acceptors (Lipinski definition) is 12. The van der Waals surface area contributed by atoms with Gasteiger partial charge in [0.2, 0.25) is 5.78 Å². The van der Waals surface area contributed by atoms with E-state index in [1.54, 1.807) is 13.0 Å². The molecule has 3 aliphatic carbocycles. The number of ether oxygens (including phenoxy) is 1. The summed E-state index contributed by atoms with van der Waals surface area (Å²) < 4.78 is 5.10. The van der Waals surface area contributed by atoms with Crippen LogP contribution in [0.3, 0.4) is 0 Å². The van der Waals surface area contributed by atoms with Gasteiger partial charge in [0, 0.05) is 11.5 Å². The number of aliphatic hydroxyl groups excluding tert-OH is 3. The van der Waals surface area contributed by atoms with Gasteiger partial charge >= 0.3 is 5.97 Å². The number of phenols is 1. The fourth-order valence-electron chi connectivity index (χ4n) is 6.32. The molecule has 6 atom stereocenters. The Kier molecular flexibility index (Phi) is 7.91. The van der Waals surface area contributed by atoms with Gasteiger partial charge in [-0.15, -0.1) is 0 Å². The molecule has 0 radical (unpaired) electrons. The van der Waals surface area contributed by atoms with Crippen molar-refractivity contribution in [2.75, 3.05) is 26.0 Å². The number of carbonyl (C=O) groups is 4. The number of aliphatic hydroxyl groups is 4. The zero-order chi connectivity index (χ0) is 30.5. The van der Waals surface area contributed by atoms with E-state index in [1.807, 2.05) is 6.92 Å². The number of phenolic OH excluding ortho intramolecular Hbond substituents is 1. The third-order valence-electron chi connectivity index (χ3n) is 8.15. The Morgan fingerprint density at radius 1 is 1.20 bits per heavy atom. The van der Waals surface area contributed by atoms with Crippen LogP contribution in [-0.4, -0.2) is 98.4 Å². The van der Waals surface area contributed by atoms with Crippen LogP contribution in [0.2, 0.25) is 0 Å². The summed E-state index contributed by atoms with van der Waals surface area (Å²) in [5.74, 6) is -9.43. The summed E-state index contributed by atoms with van der Waals surface area (Å²) in [7, 11) is 2.88. The number of amides is 1. The minimum absolute atomic E-state index is 0.0657. The van der Waals surface area contributed by atoms with Crippen LogP contribution < -0.4 is 11.1 Å². The molecule has 1 aromatic rings. The zero-order valence-corrected chi connectivity index (χ0v) is 23.2. The molecule has 1 fully saturated rings. The van der Waals surface area contributed by atoms with Crippen molar-refractivity contribution in [2.24, 2.45) is 17.6 Å². The van der Waals surface area contributed by atoms with E-state index in [9.17, 15) is 44.7 Å². The number of likely N-dealkylation sites (N-methyl/N-ethyl adjacent to an activating group) is 1. The molecule has 0 spiro atoms. The monoisotopic (exact) mass is 573 g/mol. The van der Waals surface area contributed by atoms with Gasteiger partial charge in [-0.1, -0.05) is 19.4 Å². The van der Waals surface area contributed by atoms with Gasteiger partial charge in [0.15, 0.2) is 11.4 Å². The van der Waals surface area contributed by atoms with E-state index in [-0.39, 0.29) is 24.3 Å². The van der Waals surface area contributed by atoms with Crippen molar-refractivity contribution in [2.45, 2.75) is 56.9 Å². The van der Waals surface area contributed by atoms with Crippen molar-refractivity contribution in [3.8, 4) is 5.75 Å². The van der Waals surface area contributed by atoms with Gasteiger partial charge in [-0.25, -0.2) is 4.79 Å². The fourth-order valence-corrected chi connectivity index (χ4v) is 6.32. The van der Waals surface area contributed by atoms with Gasteiger partial charge in [0.1, 0.15) is 28.9 Å². The summed E-state index contributed by atoms with van der Waals surface area (Å²) in [6, 6.07) is 0.809. The first-order valence-electron chi connectivity index (χ1n) is 13.3. The summed E-state index contributed by atoms with van der Waals surface area (Å²) in [4.78, 5) is 52.9. The topological polar surface area (TPSA) is 220 Å². The van der Waals surface area contributed by atoms with Gasteiger partial charge < -0.3 is 41.3 Å². The molecule has 222 valence electrons. The smallest absolute Gasteiger partial charge is 0.328 e. The second-order valence-electron chi connectivity index (χ2n) is 10.8. The van der Waals surface area contributed by atoms with Gasteiger partial charge in [-0.05, 0) is 45.5 Å².